The molecule has 0 saturated heterocycles. The standard InChI is InChI=1S/C14H16N2O5/c15-13(19)10-4-1-9(2-5-10)3-6-12(18)16-11(7-8-17)14(20)21/h1-6,11,17H,7-8H2,(H2,15,19)(H,16,18)(H,20,21)/b6-3+/t11-/m0/s1. The van der Waals surface area contributed by atoms with Crippen molar-refractivity contribution < 1.29 is 24.6 Å². The molecule has 5 N–H and O–H groups in total. The molecule has 0 aromatic heterocycles. The average molecular weight is 292 g/mol. The summed E-state index contributed by atoms with van der Waals surface area (Å²) >= 11 is 0. The molecule has 1 rings (SSSR count). The Balaban J connectivity index is 2.64. The molecule has 112 valence electrons. The van der Waals surface area contributed by atoms with Gasteiger partial charge in [-0.15, -0.1) is 0 Å². The van der Waals surface area contributed by atoms with Gasteiger partial charge in [-0.2, -0.15) is 0 Å². The number of carbonyl (C=O) groups is 3. The molecule has 1 aromatic carbocycles. The van der Waals surface area contributed by atoms with Crippen LogP contribution in [0.3, 0.4) is 0 Å². The zero-order valence-electron chi connectivity index (χ0n) is 11.2. The second-order valence-electron chi connectivity index (χ2n) is 4.23. The van der Waals surface area contributed by atoms with E-state index in [1.165, 1.54) is 24.3 Å². The number of carboxylic acid groups (broad SMARTS) is 1. The Kier molecular flexibility index (Phi) is 6.09. The first-order chi connectivity index (χ1) is 9.93. The van der Waals surface area contributed by atoms with Crippen molar-refractivity contribution in [2.45, 2.75) is 12.5 Å². The fourth-order valence-corrected chi connectivity index (χ4v) is 1.54. The van der Waals surface area contributed by atoms with Gasteiger partial charge in [0.15, 0.2) is 0 Å². The lowest BCUT2D eigenvalue weighted by molar-refractivity contribution is -0.141. The Bertz CT molecular complexity index is 551. The van der Waals surface area contributed by atoms with E-state index in [4.69, 9.17) is 15.9 Å². The summed E-state index contributed by atoms with van der Waals surface area (Å²) in [6.07, 6.45) is 2.58. The monoisotopic (exact) mass is 292 g/mol. The lowest BCUT2D eigenvalue weighted by Crippen LogP contribution is -2.40. The summed E-state index contributed by atoms with van der Waals surface area (Å²) in [5, 5.41) is 19.8. The number of aliphatic hydroxyl groups excluding tert-OH is 1. The molecular weight excluding hydrogens is 276 g/mol. The lowest BCUT2D eigenvalue weighted by atomic mass is 10.1. The zero-order chi connectivity index (χ0) is 15.8. The Morgan fingerprint density at radius 2 is 1.86 bits per heavy atom. The van der Waals surface area contributed by atoms with E-state index >= 15 is 0 Å². The second kappa shape index (κ2) is 7.81. The Hall–Kier alpha value is -2.67. The maximum atomic E-state index is 11.6. The number of aliphatic hydroxyl groups is 1. The van der Waals surface area contributed by atoms with Crippen LogP contribution >= 0.6 is 0 Å². The summed E-state index contributed by atoms with van der Waals surface area (Å²) in [5.74, 6) is -2.34. The van der Waals surface area contributed by atoms with E-state index in [2.05, 4.69) is 5.32 Å². The van der Waals surface area contributed by atoms with Crippen LogP contribution in [0.25, 0.3) is 6.08 Å². The fourth-order valence-electron chi connectivity index (χ4n) is 1.54. The third kappa shape index (κ3) is 5.45. The summed E-state index contributed by atoms with van der Waals surface area (Å²) in [4.78, 5) is 33.3. The summed E-state index contributed by atoms with van der Waals surface area (Å²) in [7, 11) is 0. The largest absolute Gasteiger partial charge is 0.480 e. The summed E-state index contributed by atoms with van der Waals surface area (Å²) in [6.45, 7) is -0.338. The number of carbonyl (C=O) groups excluding carboxylic acids is 2. The molecule has 1 aromatic rings. The van der Waals surface area contributed by atoms with Crippen molar-refractivity contribution in [2.75, 3.05) is 6.61 Å². The predicted molar refractivity (Wildman–Crippen MR) is 75.3 cm³/mol. The van der Waals surface area contributed by atoms with Gasteiger partial charge in [-0.05, 0) is 23.8 Å². The summed E-state index contributed by atoms with van der Waals surface area (Å²) < 4.78 is 0. The van der Waals surface area contributed by atoms with Crippen LogP contribution in [0.4, 0.5) is 0 Å². The zero-order valence-corrected chi connectivity index (χ0v) is 11.2. The summed E-state index contributed by atoms with van der Waals surface area (Å²) in [6, 6.07) is 5.11. The molecular formula is C14H16N2O5. The highest BCUT2D eigenvalue weighted by atomic mass is 16.4. The number of nitrogens with two attached hydrogens (primary N) is 1. The summed E-state index contributed by atoms with van der Waals surface area (Å²) in [5.41, 5.74) is 6.11. The number of nitrogens with one attached hydrogen (secondary N) is 1. The molecule has 0 radical (unpaired) electrons. The first-order valence-corrected chi connectivity index (χ1v) is 6.16. The van der Waals surface area contributed by atoms with Gasteiger partial charge in [0, 0.05) is 24.7 Å². The number of rotatable bonds is 7. The van der Waals surface area contributed by atoms with Gasteiger partial charge in [0.1, 0.15) is 6.04 Å². The van der Waals surface area contributed by atoms with Gasteiger partial charge in [-0.25, -0.2) is 4.79 Å². The van der Waals surface area contributed by atoms with Gasteiger partial charge in [-0.1, -0.05) is 12.1 Å². The van der Waals surface area contributed by atoms with Gasteiger partial charge in [0.05, 0.1) is 0 Å². The van der Waals surface area contributed by atoms with E-state index < -0.39 is 23.8 Å². The minimum Gasteiger partial charge on any atom is -0.480 e. The highest BCUT2D eigenvalue weighted by molar-refractivity contribution is 5.95. The molecule has 0 unspecified atom stereocenters. The minimum atomic E-state index is -1.21. The van der Waals surface area contributed by atoms with Crippen LogP contribution in [0.2, 0.25) is 0 Å². The number of hydrogen-bond acceptors (Lipinski definition) is 4. The van der Waals surface area contributed by atoms with Crippen LogP contribution in [-0.4, -0.2) is 40.6 Å². The molecule has 0 saturated carbocycles. The van der Waals surface area contributed by atoms with E-state index in [9.17, 15) is 14.4 Å². The highest BCUT2D eigenvalue weighted by Gasteiger charge is 2.17. The normalized spacial score (nSPS) is 12.0. The number of carboxylic acids is 1. The molecule has 2 amide bonds. The van der Waals surface area contributed by atoms with Crippen molar-refractivity contribution >= 4 is 23.9 Å². The second-order valence-corrected chi connectivity index (χ2v) is 4.23. The van der Waals surface area contributed by atoms with Gasteiger partial charge in [0.2, 0.25) is 11.8 Å². The SMILES string of the molecule is NC(=O)c1ccc(/C=C/C(=O)N[C@@H](CCO)C(=O)O)cc1. The lowest BCUT2D eigenvalue weighted by Gasteiger charge is -2.11. The number of primary amides is 1. The quantitative estimate of drug-likeness (QED) is 0.515. The van der Waals surface area contributed by atoms with Crippen LogP contribution in [-0.2, 0) is 9.59 Å². The van der Waals surface area contributed by atoms with Crippen molar-refractivity contribution in [3.8, 4) is 0 Å². The van der Waals surface area contributed by atoms with Crippen molar-refractivity contribution in [2.24, 2.45) is 5.73 Å². The Labute approximate surface area is 121 Å². The van der Waals surface area contributed by atoms with Crippen molar-refractivity contribution in [1.29, 1.82) is 0 Å². The molecule has 0 aliphatic carbocycles. The molecule has 0 aliphatic heterocycles. The van der Waals surface area contributed by atoms with Gasteiger partial charge in [0.25, 0.3) is 0 Å². The van der Waals surface area contributed by atoms with Gasteiger partial charge in [-0.3, -0.25) is 9.59 Å². The molecule has 0 bridgehead atoms. The molecule has 1 atom stereocenters. The molecule has 21 heavy (non-hydrogen) atoms. The molecule has 0 aliphatic rings. The van der Waals surface area contributed by atoms with Crippen LogP contribution in [0.1, 0.15) is 22.3 Å². The van der Waals surface area contributed by atoms with Crippen molar-refractivity contribution in [3.05, 3.63) is 41.5 Å². The van der Waals surface area contributed by atoms with Crippen LogP contribution in [0, 0.1) is 0 Å². The van der Waals surface area contributed by atoms with E-state index in [0.29, 0.717) is 11.1 Å². The number of benzene rings is 1. The molecule has 7 nitrogen and oxygen atoms in total. The molecule has 0 spiro atoms. The first kappa shape index (κ1) is 16.4. The number of amides is 2. The van der Waals surface area contributed by atoms with E-state index in [1.807, 2.05) is 0 Å². The van der Waals surface area contributed by atoms with E-state index in [-0.39, 0.29) is 13.0 Å². The smallest absolute Gasteiger partial charge is 0.326 e. The van der Waals surface area contributed by atoms with E-state index in [1.54, 1.807) is 12.1 Å². The average Bonchev–Trinajstić information content (AvgIpc) is 2.45. The maximum absolute atomic E-state index is 11.6. The number of hydrogen-bond donors (Lipinski definition) is 4. The predicted octanol–water partition coefficient (Wildman–Crippen LogP) is -0.250. The highest BCUT2D eigenvalue weighted by Crippen LogP contribution is 2.05. The Morgan fingerprint density at radius 1 is 1.24 bits per heavy atom. The molecule has 7 heteroatoms. The molecule has 0 heterocycles. The first-order valence-electron chi connectivity index (χ1n) is 6.16. The maximum Gasteiger partial charge on any atom is 0.326 e. The topological polar surface area (TPSA) is 130 Å². The third-order valence-corrected chi connectivity index (χ3v) is 2.65. The minimum absolute atomic E-state index is 0.0672. The van der Waals surface area contributed by atoms with E-state index in [0.717, 1.165) is 0 Å². The number of aliphatic carboxylic acids is 1. The molecule has 0 fully saturated rings. The van der Waals surface area contributed by atoms with Gasteiger partial charge >= 0.3 is 5.97 Å². The third-order valence-electron chi connectivity index (χ3n) is 2.65. The van der Waals surface area contributed by atoms with Crippen molar-refractivity contribution in [3.63, 3.8) is 0 Å². The van der Waals surface area contributed by atoms with Gasteiger partial charge < -0.3 is 21.3 Å². The fraction of sp³-hybridized carbons (Fsp3) is 0.214. The van der Waals surface area contributed by atoms with Crippen LogP contribution < -0.4 is 11.1 Å². The Morgan fingerprint density at radius 3 is 2.33 bits per heavy atom. The van der Waals surface area contributed by atoms with Crippen molar-refractivity contribution in [1.82, 2.24) is 5.32 Å². The van der Waals surface area contributed by atoms with Crippen LogP contribution in [0.5, 0.6) is 0 Å². The van der Waals surface area contributed by atoms with Crippen LogP contribution in [0.15, 0.2) is 30.3 Å².